The van der Waals surface area contributed by atoms with E-state index >= 15 is 0 Å². The Morgan fingerprint density at radius 2 is 0.652 bits per heavy atom. The second-order valence-corrected chi connectivity index (χ2v) is 17.2. The number of fused-ring (bicyclic) bond motifs is 12. The van der Waals surface area contributed by atoms with Crippen molar-refractivity contribution in [2.24, 2.45) is 0 Å². The van der Waals surface area contributed by atoms with Gasteiger partial charge in [-0.05, 0) is 115 Å². The first-order chi connectivity index (χ1) is 32.7. The monoisotopic (exact) mass is 839 g/mol. The van der Waals surface area contributed by atoms with Crippen LogP contribution in [0.5, 0.6) is 0 Å². The van der Waals surface area contributed by atoms with Crippen LogP contribution >= 0.6 is 0 Å². The lowest BCUT2D eigenvalue weighted by Crippen LogP contribution is -2.07. The second-order valence-electron chi connectivity index (χ2n) is 17.2. The maximum atomic E-state index is 5.48. The molecule has 3 aromatic heterocycles. The molecule has 66 heavy (non-hydrogen) atoms. The Balaban J connectivity index is 1.02. The number of nitrogens with zero attached hydrogens (tertiary/aromatic N) is 5. The van der Waals surface area contributed by atoms with E-state index in [4.69, 9.17) is 15.0 Å². The fourth-order valence-corrected chi connectivity index (χ4v) is 10.6. The number of aromatic nitrogens is 5. The summed E-state index contributed by atoms with van der Waals surface area (Å²) in [6.45, 7) is 0. The van der Waals surface area contributed by atoms with Crippen LogP contribution in [0.4, 0.5) is 0 Å². The normalized spacial score (nSPS) is 11.9. The summed E-state index contributed by atoms with van der Waals surface area (Å²) in [6.07, 6.45) is 0. The quantitative estimate of drug-likeness (QED) is 0.162. The molecule has 0 amide bonds. The van der Waals surface area contributed by atoms with Gasteiger partial charge in [0.25, 0.3) is 0 Å². The first-order valence-electron chi connectivity index (χ1n) is 22.4. The molecular formula is C61H37N5. The highest BCUT2D eigenvalue weighted by molar-refractivity contribution is 6.16. The molecule has 14 rings (SSSR count). The van der Waals surface area contributed by atoms with Crippen molar-refractivity contribution in [1.82, 2.24) is 24.1 Å². The molecule has 0 unspecified atom stereocenters. The zero-order valence-corrected chi connectivity index (χ0v) is 35.6. The maximum absolute atomic E-state index is 5.48. The average Bonchev–Trinajstić information content (AvgIpc) is 3.90. The molecule has 0 bridgehead atoms. The van der Waals surface area contributed by atoms with Crippen molar-refractivity contribution >= 4 is 86.7 Å². The summed E-state index contributed by atoms with van der Waals surface area (Å²) in [5.41, 5.74) is 9.81. The summed E-state index contributed by atoms with van der Waals surface area (Å²) in [5.74, 6) is 1.82. The van der Waals surface area contributed by atoms with Crippen LogP contribution in [0.15, 0.2) is 224 Å². The molecule has 11 aromatic carbocycles. The predicted molar refractivity (Wildman–Crippen MR) is 275 cm³/mol. The molecule has 306 valence electrons. The molecule has 5 nitrogen and oxygen atoms in total. The van der Waals surface area contributed by atoms with Crippen molar-refractivity contribution < 1.29 is 0 Å². The lowest BCUT2D eigenvalue weighted by atomic mass is 9.96. The van der Waals surface area contributed by atoms with Crippen LogP contribution in [0.25, 0.3) is 132 Å². The number of rotatable bonds is 5. The SMILES string of the molecule is c1ccc(-n2c3ccccc3c3cc(-c4ccc5c(c4)c4ccccc4n5-c4nc(-c5cc6ccccc6c6ccccc56)nc(-c5cc6ccccc6c6ccccc56)n4)ccc32)cc1. The van der Waals surface area contributed by atoms with Gasteiger partial charge < -0.3 is 4.57 Å². The molecule has 0 saturated heterocycles. The van der Waals surface area contributed by atoms with E-state index < -0.39 is 0 Å². The van der Waals surface area contributed by atoms with Gasteiger partial charge in [-0.3, -0.25) is 4.57 Å². The highest BCUT2D eigenvalue weighted by atomic mass is 15.2. The van der Waals surface area contributed by atoms with Crippen molar-refractivity contribution in [3.63, 3.8) is 0 Å². The average molecular weight is 840 g/mol. The van der Waals surface area contributed by atoms with Crippen molar-refractivity contribution in [3.05, 3.63) is 224 Å². The molecule has 0 radical (unpaired) electrons. The van der Waals surface area contributed by atoms with E-state index in [9.17, 15) is 0 Å². The van der Waals surface area contributed by atoms with Crippen LogP contribution in [0.3, 0.4) is 0 Å². The first-order valence-corrected chi connectivity index (χ1v) is 22.4. The fourth-order valence-electron chi connectivity index (χ4n) is 10.6. The molecule has 0 fully saturated rings. The predicted octanol–water partition coefficient (Wildman–Crippen LogP) is 15.7. The van der Waals surface area contributed by atoms with Crippen LogP contribution in [-0.2, 0) is 0 Å². The van der Waals surface area contributed by atoms with Crippen LogP contribution in [0.2, 0.25) is 0 Å². The fraction of sp³-hybridized carbons (Fsp3) is 0. The molecule has 0 saturated carbocycles. The number of hydrogen-bond donors (Lipinski definition) is 0. The Morgan fingerprint density at radius 3 is 1.18 bits per heavy atom. The van der Waals surface area contributed by atoms with Gasteiger partial charge in [0, 0.05) is 38.4 Å². The van der Waals surface area contributed by atoms with E-state index in [0.29, 0.717) is 17.6 Å². The van der Waals surface area contributed by atoms with Gasteiger partial charge in [-0.1, -0.05) is 164 Å². The van der Waals surface area contributed by atoms with Gasteiger partial charge in [0.2, 0.25) is 5.95 Å². The van der Waals surface area contributed by atoms with Gasteiger partial charge in [0.1, 0.15) is 0 Å². The van der Waals surface area contributed by atoms with Gasteiger partial charge in [-0.2, -0.15) is 9.97 Å². The second kappa shape index (κ2) is 14.3. The number of hydrogen-bond acceptors (Lipinski definition) is 3. The summed E-state index contributed by atoms with van der Waals surface area (Å²) in [7, 11) is 0. The van der Waals surface area contributed by atoms with E-state index in [0.717, 1.165) is 82.1 Å². The van der Waals surface area contributed by atoms with E-state index in [-0.39, 0.29) is 0 Å². The molecule has 0 N–H and O–H groups in total. The third-order valence-electron chi connectivity index (χ3n) is 13.5. The molecule has 0 spiro atoms. The van der Waals surface area contributed by atoms with Crippen molar-refractivity contribution in [3.8, 4) is 45.5 Å². The third kappa shape index (κ3) is 5.50. The van der Waals surface area contributed by atoms with Gasteiger partial charge in [-0.15, -0.1) is 0 Å². The minimum atomic E-state index is 0.568. The Hall–Kier alpha value is -8.93. The summed E-state index contributed by atoms with van der Waals surface area (Å²) in [4.78, 5) is 16.4. The lowest BCUT2D eigenvalue weighted by molar-refractivity contribution is 0.955. The standard InChI is InChI=1S/C61H37N5/c1-2-18-42(19-3-1)65-55-28-14-12-26-49(55)51-34-38(30-32-57(51)65)39-31-33-58-52(35-39)50-27-13-15-29-56(50)66(58)61-63-59(53-36-40-16-4-6-20-43(40)45-22-8-10-24-47(45)53)62-60(64-61)54-37-41-17-5-7-21-44(41)46-23-9-11-25-48(46)54/h1-37H. The van der Waals surface area contributed by atoms with Crippen LogP contribution in [0.1, 0.15) is 0 Å². The smallest absolute Gasteiger partial charge is 0.238 e. The van der Waals surface area contributed by atoms with E-state index in [2.05, 4.69) is 234 Å². The Bertz CT molecular complexity index is 4160. The Kier molecular flexibility index (Phi) is 7.91. The van der Waals surface area contributed by atoms with E-state index in [1.165, 1.54) is 32.6 Å². The van der Waals surface area contributed by atoms with Gasteiger partial charge in [0.05, 0.1) is 22.1 Å². The van der Waals surface area contributed by atoms with Crippen molar-refractivity contribution in [1.29, 1.82) is 0 Å². The Morgan fingerprint density at radius 1 is 0.258 bits per heavy atom. The highest BCUT2D eigenvalue weighted by Gasteiger charge is 2.22. The molecule has 0 atom stereocenters. The number of benzene rings is 11. The molecule has 0 aliphatic carbocycles. The lowest BCUT2D eigenvalue weighted by Gasteiger charge is -2.15. The minimum absolute atomic E-state index is 0.568. The van der Waals surface area contributed by atoms with Crippen molar-refractivity contribution in [2.75, 3.05) is 0 Å². The maximum Gasteiger partial charge on any atom is 0.238 e. The first kappa shape index (κ1) is 36.5. The van der Waals surface area contributed by atoms with E-state index in [1.54, 1.807) is 0 Å². The molecule has 0 aliphatic heterocycles. The Labute approximate surface area is 379 Å². The van der Waals surface area contributed by atoms with Gasteiger partial charge >= 0.3 is 0 Å². The van der Waals surface area contributed by atoms with Gasteiger partial charge in [-0.25, -0.2) is 4.98 Å². The zero-order chi connectivity index (χ0) is 43.3. The molecular weight excluding hydrogens is 803 g/mol. The zero-order valence-electron chi connectivity index (χ0n) is 35.6. The van der Waals surface area contributed by atoms with Crippen LogP contribution < -0.4 is 0 Å². The molecule has 14 aromatic rings. The molecule has 0 aliphatic rings. The van der Waals surface area contributed by atoms with Crippen LogP contribution in [-0.4, -0.2) is 24.1 Å². The summed E-state index contributed by atoms with van der Waals surface area (Å²) >= 11 is 0. The summed E-state index contributed by atoms with van der Waals surface area (Å²) in [6, 6.07) is 80.5. The highest BCUT2D eigenvalue weighted by Crippen LogP contribution is 2.41. The largest absolute Gasteiger partial charge is 0.309 e. The molecule has 3 heterocycles. The third-order valence-corrected chi connectivity index (χ3v) is 13.5. The number of para-hydroxylation sites is 3. The summed E-state index contributed by atoms with van der Waals surface area (Å²) in [5, 5.41) is 13.9. The van der Waals surface area contributed by atoms with E-state index in [1.807, 2.05) is 0 Å². The molecule has 5 heteroatoms. The van der Waals surface area contributed by atoms with Crippen LogP contribution in [0, 0.1) is 0 Å². The minimum Gasteiger partial charge on any atom is -0.309 e. The summed E-state index contributed by atoms with van der Waals surface area (Å²) < 4.78 is 4.59. The van der Waals surface area contributed by atoms with Crippen molar-refractivity contribution in [2.45, 2.75) is 0 Å². The van der Waals surface area contributed by atoms with Gasteiger partial charge in [0.15, 0.2) is 11.6 Å². The topological polar surface area (TPSA) is 48.5 Å².